The molecular formula is C20H20N2O4S. The number of anilines is 1. The fourth-order valence-corrected chi connectivity index (χ4v) is 2.93. The third-order valence-corrected chi connectivity index (χ3v) is 4.52. The molecule has 7 heteroatoms. The largest absolute Gasteiger partial charge is 0.493 e. The molecule has 0 bridgehead atoms. The van der Waals surface area contributed by atoms with Crippen molar-refractivity contribution in [1.82, 2.24) is 4.98 Å². The summed E-state index contributed by atoms with van der Waals surface area (Å²) < 4.78 is 16.9. The molecule has 0 fully saturated rings. The standard InChI is InChI=1S/C20H20N2O4S/c1-11-12(2)16(6-5-14(11)22-20(23)27)26-17-7-8-21-15-10-19(25-4)18(24-3)9-13(15)17/h5-10H,1-4H3,(H2,22,23,27). The maximum atomic E-state index is 11.2. The second-order valence-electron chi connectivity index (χ2n) is 5.93. The first-order chi connectivity index (χ1) is 12.9. The first kappa shape index (κ1) is 18.8. The molecule has 0 radical (unpaired) electrons. The van der Waals surface area contributed by atoms with Gasteiger partial charge in [0.1, 0.15) is 11.5 Å². The van der Waals surface area contributed by atoms with Gasteiger partial charge in [-0.05, 0) is 49.2 Å². The normalized spacial score (nSPS) is 10.6. The van der Waals surface area contributed by atoms with Crippen LogP contribution in [-0.4, -0.2) is 24.4 Å². The lowest BCUT2D eigenvalue weighted by molar-refractivity contribution is 0.270. The lowest BCUT2D eigenvalue weighted by Crippen LogP contribution is -2.04. The molecule has 0 spiro atoms. The number of nitrogens with zero attached hydrogens (tertiary/aromatic N) is 1. The van der Waals surface area contributed by atoms with Gasteiger partial charge in [-0.2, -0.15) is 0 Å². The van der Waals surface area contributed by atoms with Crippen LogP contribution in [0.25, 0.3) is 10.9 Å². The summed E-state index contributed by atoms with van der Waals surface area (Å²) in [4.78, 5) is 15.6. The second-order valence-corrected chi connectivity index (χ2v) is 6.33. The maximum Gasteiger partial charge on any atom is 0.280 e. The Balaban J connectivity index is 2.04. The predicted octanol–water partition coefficient (Wildman–Crippen LogP) is 5.12. The molecule has 1 N–H and O–H groups in total. The zero-order valence-electron chi connectivity index (χ0n) is 15.5. The molecule has 0 aliphatic carbocycles. The SMILES string of the molecule is COc1cc2nccc(Oc3ccc(NC(=O)S)c(C)c3C)c2cc1OC. The molecule has 0 atom stereocenters. The molecule has 27 heavy (non-hydrogen) atoms. The number of ether oxygens (including phenoxy) is 3. The van der Waals surface area contributed by atoms with Gasteiger partial charge < -0.3 is 19.5 Å². The Morgan fingerprint density at radius 2 is 1.67 bits per heavy atom. The maximum absolute atomic E-state index is 11.2. The molecule has 0 saturated carbocycles. The van der Waals surface area contributed by atoms with Crippen molar-refractivity contribution in [2.24, 2.45) is 0 Å². The van der Waals surface area contributed by atoms with Crippen LogP contribution in [0.2, 0.25) is 0 Å². The van der Waals surface area contributed by atoms with Gasteiger partial charge >= 0.3 is 0 Å². The van der Waals surface area contributed by atoms with Crippen LogP contribution in [0.15, 0.2) is 36.5 Å². The molecular weight excluding hydrogens is 364 g/mol. The van der Waals surface area contributed by atoms with Gasteiger partial charge in [0.25, 0.3) is 5.24 Å². The highest BCUT2D eigenvalue weighted by atomic mass is 32.1. The number of benzene rings is 2. The Kier molecular flexibility index (Phi) is 5.41. The van der Waals surface area contributed by atoms with E-state index >= 15 is 0 Å². The van der Waals surface area contributed by atoms with E-state index in [1.165, 1.54) is 0 Å². The molecule has 0 aliphatic rings. The van der Waals surface area contributed by atoms with Crippen LogP contribution in [0.4, 0.5) is 10.5 Å². The van der Waals surface area contributed by atoms with Crippen molar-refractivity contribution in [3.05, 3.63) is 47.7 Å². The summed E-state index contributed by atoms with van der Waals surface area (Å²) in [5, 5.41) is 3.09. The van der Waals surface area contributed by atoms with Crippen LogP contribution < -0.4 is 19.5 Å². The van der Waals surface area contributed by atoms with E-state index < -0.39 is 5.24 Å². The number of fused-ring (bicyclic) bond motifs is 1. The highest BCUT2D eigenvalue weighted by Gasteiger charge is 2.14. The van der Waals surface area contributed by atoms with Crippen molar-refractivity contribution in [1.29, 1.82) is 0 Å². The number of thiol groups is 1. The van der Waals surface area contributed by atoms with E-state index in [4.69, 9.17) is 14.2 Å². The van der Waals surface area contributed by atoms with Crippen LogP contribution in [0.3, 0.4) is 0 Å². The number of pyridine rings is 1. The summed E-state index contributed by atoms with van der Waals surface area (Å²) in [5.41, 5.74) is 3.26. The predicted molar refractivity (Wildman–Crippen MR) is 109 cm³/mol. The molecule has 1 amide bonds. The van der Waals surface area contributed by atoms with Crippen molar-refractivity contribution >= 4 is 34.5 Å². The summed E-state index contributed by atoms with van der Waals surface area (Å²) in [7, 11) is 3.17. The molecule has 3 rings (SSSR count). The Morgan fingerprint density at radius 3 is 2.33 bits per heavy atom. The Morgan fingerprint density at radius 1 is 0.963 bits per heavy atom. The van der Waals surface area contributed by atoms with Crippen LogP contribution in [-0.2, 0) is 0 Å². The highest BCUT2D eigenvalue weighted by Crippen LogP contribution is 2.38. The molecule has 0 aliphatic heterocycles. The quantitative estimate of drug-likeness (QED) is 0.597. The first-order valence-electron chi connectivity index (χ1n) is 8.23. The van der Waals surface area contributed by atoms with Gasteiger partial charge in [0.05, 0.1) is 19.7 Å². The van der Waals surface area contributed by atoms with E-state index in [9.17, 15) is 4.79 Å². The number of aromatic nitrogens is 1. The smallest absolute Gasteiger partial charge is 0.280 e. The van der Waals surface area contributed by atoms with Gasteiger partial charge in [-0.15, -0.1) is 0 Å². The summed E-state index contributed by atoms with van der Waals surface area (Å²) in [6, 6.07) is 9.05. The average molecular weight is 384 g/mol. The lowest BCUT2D eigenvalue weighted by atomic mass is 10.1. The number of methoxy groups -OCH3 is 2. The van der Waals surface area contributed by atoms with Gasteiger partial charge in [-0.3, -0.25) is 9.78 Å². The van der Waals surface area contributed by atoms with Crippen LogP contribution in [0.5, 0.6) is 23.0 Å². The van der Waals surface area contributed by atoms with Gasteiger partial charge in [-0.25, -0.2) is 0 Å². The van der Waals surface area contributed by atoms with Crippen molar-refractivity contribution in [3.63, 3.8) is 0 Å². The van der Waals surface area contributed by atoms with Crippen molar-refractivity contribution in [2.75, 3.05) is 19.5 Å². The summed E-state index contributed by atoms with van der Waals surface area (Å²) in [6.07, 6.45) is 1.68. The number of rotatable bonds is 5. The fraction of sp³-hybridized carbons (Fsp3) is 0.200. The number of carbonyl (C=O) groups is 1. The van der Waals surface area contributed by atoms with E-state index in [1.807, 2.05) is 32.0 Å². The zero-order chi connectivity index (χ0) is 19.6. The minimum absolute atomic E-state index is 0.410. The first-order valence-corrected chi connectivity index (χ1v) is 8.68. The number of carbonyl (C=O) groups excluding carboxylic acids is 1. The topological polar surface area (TPSA) is 69.7 Å². The van der Waals surface area contributed by atoms with E-state index in [0.29, 0.717) is 28.7 Å². The summed E-state index contributed by atoms with van der Waals surface area (Å²) >= 11 is 3.76. The Hall–Kier alpha value is -2.93. The van der Waals surface area contributed by atoms with E-state index in [2.05, 4.69) is 22.9 Å². The molecule has 6 nitrogen and oxygen atoms in total. The van der Waals surface area contributed by atoms with Crippen molar-refractivity contribution < 1.29 is 19.0 Å². The second kappa shape index (κ2) is 7.75. The average Bonchev–Trinajstić information content (AvgIpc) is 2.66. The summed E-state index contributed by atoms with van der Waals surface area (Å²) in [5.74, 6) is 2.54. The fourth-order valence-electron chi connectivity index (χ4n) is 2.81. The third kappa shape index (κ3) is 3.78. The number of amides is 1. The van der Waals surface area contributed by atoms with Crippen LogP contribution >= 0.6 is 12.6 Å². The van der Waals surface area contributed by atoms with Crippen molar-refractivity contribution in [2.45, 2.75) is 13.8 Å². The lowest BCUT2D eigenvalue weighted by Gasteiger charge is -2.16. The number of hydrogen-bond acceptors (Lipinski definition) is 5. The zero-order valence-corrected chi connectivity index (χ0v) is 16.4. The van der Waals surface area contributed by atoms with Gasteiger partial charge in [0.15, 0.2) is 11.5 Å². The number of nitrogens with one attached hydrogen (secondary N) is 1. The Bertz CT molecular complexity index is 1020. The van der Waals surface area contributed by atoms with Crippen LogP contribution in [0, 0.1) is 13.8 Å². The number of hydrogen-bond donors (Lipinski definition) is 2. The summed E-state index contributed by atoms with van der Waals surface area (Å²) in [6.45, 7) is 3.85. The van der Waals surface area contributed by atoms with Crippen molar-refractivity contribution in [3.8, 4) is 23.0 Å². The Labute approximate surface area is 162 Å². The van der Waals surface area contributed by atoms with Gasteiger partial charge in [0, 0.05) is 23.3 Å². The third-order valence-electron chi connectivity index (χ3n) is 4.41. The monoisotopic (exact) mass is 384 g/mol. The molecule has 0 unspecified atom stereocenters. The van der Waals surface area contributed by atoms with E-state index in [1.54, 1.807) is 32.5 Å². The van der Waals surface area contributed by atoms with Gasteiger partial charge in [0.2, 0.25) is 0 Å². The van der Waals surface area contributed by atoms with Crippen LogP contribution in [0.1, 0.15) is 11.1 Å². The molecule has 0 saturated heterocycles. The minimum Gasteiger partial charge on any atom is -0.493 e. The van der Waals surface area contributed by atoms with E-state index in [0.717, 1.165) is 22.0 Å². The molecule has 3 aromatic rings. The molecule has 140 valence electrons. The molecule has 1 heterocycles. The van der Waals surface area contributed by atoms with E-state index in [-0.39, 0.29) is 0 Å². The van der Waals surface area contributed by atoms with Gasteiger partial charge in [-0.1, -0.05) is 12.6 Å². The minimum atomic E-state index is -0.410. The highest BCUT2D eigenvalue weighted by molar-refractivity contribution is 7.96. The molecule has 2 aromatic carbocycles. The molecule has 1 aromatic heterocycles.